The Balaban J connectivity index is 2.22. The average Bonchev–Trinajstić information content (AvgIpc) is 2.45. The number of nitrogens with zero attached hydrogens (tertiary/aromatic N) is 1. The number of hydrogen-bond donors (Lipinski definition) is 2. The van der Waals surface area contributed by atoms with E-state index in [1.165, 1.54) is 0 Å². The van der Waals surface area contributed by atoms with Crippen molar-refractivity contribution in [3.63, 3.8) is 0 Å². The van der Waals surface area contributed by atoms with Gasteiger partial charge in [0, 0.05) is 11.6 Å². The standard InChI is InChI=1S/C16H22N2O3S/c1-4-14-15(6-5-11-16(14,3)19)17-18-22(20,21)13-9-7-12(2)8-10-13/h4,7-10,14,18-19H,1,5-6,11H2,2-3H3/b17-15+/t14-,16+/m1/s1. The highest BCUT2D eigenvalue weighted by atomic mass is 32.2. The minimum Gasteiger partial charge on any atom is -0.389 e. The van der Waals surface area contributed by atoms with Gasteiger partial charge in [0.05, 0.1) is 10.5 Å². The van der Waals surface area contributed by atoms with Crippen LogP contribution < -0.4 is 4.83 Å². The summed E-state index contributed by atoms with van der Waals surface area (Å²) in [5.41, 5.74) is 0.663. The van der Waals surface area contributed by atoms with Gasteiger partial charge in [0.1, 0.15) is 0 Å². The smallest absolute Gasteiger partial charge is 0.276 e. The van der Waals surface area contributed by atoms with Crippen LogP contribution in [0.4, 0.5) is 0 Å². The maximum Gasteiger partial charge on any atom is 0.276 e. The van der Waals surface area contributed by atoms with Crippen molar-refractivity contribution in [1.82, 2.24) is 4.83 Å². The van der Waals surface area contributed by atoms with Crippen LogP contribution in [0.5, 0.6) is 0 Å². The lowest BCUT2D eigenvalue weighted by atomic mass is 9.75. The van der Waals surface area contributed by atoms with E-state index in [9.17, 15) is 13.5 Å². The molecule has 2 atom stereocenters. The van der Waals surface area contributed by atoms with E-state index in [-0.39, 0.29) is 10.8 Å². The predicted octanol–water partition coefficient (Wildman–Crippen LogP) is 2.37. The van der Waals surface area contributed by atoms with Gasteiger partial charge in [0.25, 0.3) is 10.0 Å². The molecule has 6 heteroatoms. The molecule has 1 aromatic carbocycles. The molecule has 0 aliphatic heterocycles. The van der Waals surface area contributed by atoms with Crippen molar-refractivity contribution < 1.29 is 13.5 Å². The van der Waals surface area contributed by atoms with Gasteiger partial charge in [-0.3, -0.25) is 0 Å². The Morgan fingerprint density at radius 3 is 2.64 bits per heavy atom. The number of hydrogen-bond acceptors (Lipinski definition) is 4. The predicted molar refractivity (Wildman–Crippen MR) is 87.1 cm³/mol. The molecule has 120 valence electrons. The summed E-state index contributed by atoms with van der Waals surface area (Å²) in [6, 6.07) is 6.55. The molecule has 1 saturated carbocycles. The molecule has 2 rings (SSSR count). The normalized spacial score (nSPS) is 27.6. The summed E-state index contributed by atoms with van der Waals surface area (Å²) in [6.07, 6.45) is 3.68. The van der Waals surface area contributed by atoms with E-state index in [2.05, 4.69) is 16.5 Å². The second-order valence-electron chi connectivity index (χ2n) is 5.94. The van der Waals surface area contributed by atoms with E-state index in [1.807, 2.05) is 6.92 Å². The monoisotopic (exact) mass is 322 g/mol. The first-order valence-electron chi connectivity index (χ1n) is 7.26. The van der Waals surface area contributed by atoms with Crippen LogP contribution in [0.2, 0.25) is 0 Å². The molecule has 1 fully saturated rings. The van der Waals surface area contributed by atoms with E-state index in [4.69, 9.17) is 0 Å². The van der Waals surface area contributed by atoms with Crippen molar-refractivity contribution in [1.29, 1.82) is 0 Å². The molecule has 0 saturated heterocycles. The third kappa shape index (κ3) is 3.56. The van der Waals surface area contributed by atoms with Crippen LogP contribution >= 0.6 is 0 Å². The molecule has 1 aliphatic carbocycles. The molecule has 0 bridgehead atoms. The van der Waals surface area contributed by atoms with Crippen LogP contribution in [0.3, 0.4) is 0 Å². The van der Waals surface area contributed by atoms with E-state index < -0.39 is 15.6 Å². The van der Waals surface area contributed by atoms with E-state index in [1.54, 1.807) is 37.3 Å². The van der Waals surface area contributed by atoms with E-state index in [0.29, 0.717) is 18.6 Å². The van der Waals surface area contributed by atoms with Gasteiger partial charge in [-0.05, 0) is 45.2 Å². The summed E-state index contributed by atoms with van der Waals surface area (Å²) in [4.78, 5) is 2.43. The first-order valence-corrected chi connectivity index (χ1v) is 8.74. The molecule has 0 spiro atoms. The van der Waals surface area contributed by atoms with Gasteiger partial charge in [-0.25, -0.2) is 4.83 Å². The van der Waals surface area contributed by atoms with E-state index >= 15 is 0 Å². The molecule has 0 radical (unpaired) electrons. The average molecular weight is 322 g/mol. The van der Waals surface area contributed by atoms with Crippen molar-refractivity contribution in [3.8, 4) is 0 Å². The number of aryl methyl sites for hydroxylation is 1. The van der Waals surface area contributed by atoms with Gasteiger partial charge in [0.15, 0.2) is 0 Å². The van der Waals surface area contributed by atoms with Crippen LogP contribution in [0, 0.1) is 12.8 Å². The molecule has 0 amide bonds. The number of rotatable bonds is 4. The maximum absolute atomic E-state index is 12.2. The SMILES string of the molecule is C=C[C@@H]1/C(=N/NS(=O)(=O)c2ccc(C)cc2)CCC[C@]1(C)O. The molecule has 1 aromatic rings. The minimum atomic E-state index is -3.70. The van der Waals surface area contributed by atoms with Crippen molar-refractivity contribution in [2.75, 3.05) is 0 Å². The Kier molecular flexibility index (Phi) is 4.72. The summed E-state index contributed by atoms with van der Waals surface area (Å²) in [6.45, 7) is 7.34. The number of hydrazone groups is 1. The Morgan fingerprint density at radius 2 is 2.05 bits per heavy atom. The Bertz CT molecular complexity index is 676. The van der Waals surface area contributed by atoms with Crippen molar-refractivity contribution >= 4 is 15.7 Å². The van der Waals surface area contributed by atoms with Gasteiger partial charge in [0.2, 0.25) is 0 Å². The van der Waals surface area contributed by atoms with Gasteiger partial charge >= 0.3 is 0 Å². The zero-order chi connectivity index (χ0) is 16.4. The summed E-state index contributed by atoms with van der Waals surface area (Å²) in [7, 11) is -3.70. The van der Waals surface area contributed by atoms with Crippen molar-refractivity contribution in [2.45, 2.75) is 43.6 Å². The highest BCUT2D eigenvalue weighted by Crippen LogP contribution is 2.32. The molecular weight excluding hydrogens is 300 g/mol. The minimum absolute atomic E-state index is 0.167. The van der Waals surface area contributed by atoms with Crippen LogP contribution in [-0.4, -0.2) is 24.8 Å². The lowest BCUT2D eigenvalue weighted by molar-refractivity contribution is 0.0229. The highest BCUT2D eigenvalue weighted by Gasteiger charge is 2.37. The molecule has 22 heavy (non-hydrogen) atoms. The summed E-state index contributed by atoms with van der Waals surface area (Å²) in [5.74, 6) is -0.345. The number of benzene rings is 1. The van der Waals surface area contributed by atoms with Crippen LogP contribution in [-0.2, 0) is 10.0 Å². The largest absolute Gasteiger partial charge is 0.389 e. The first-order chi connectivity index (χ1) is 10.3. The zero-order valence-electron chi connectivity index (χ0n) is 12.9. The quantitative estimate of drug-likeness (QED) is 0.660. The Morgan fingerprint density at radius 1 is 1.41 bits per heavy atom. The topological polar surface area (TPSA) is 78.8 Å². The number of sulfonamides is 1. The van der Waals surface area contributed by atoms with Crippen LogP contribution in [0.15, 0.2) is 46.9 Å². The van der Waals surface area contributed by atoms with Gasteiger partial charge < -0.3 is 5.11 Å². The highest BCUT2D eigenvalue weighted by molar-refractivity contribution is 7.89. The Hall–Kier alpha value is -1.66. The van der Waals surface area contributed by atoms with Crippen molar-refractivity contribution in [3.05, 3.63) is 42.5 Å². The third-order valence-corrected chi connectivity index (χ3v) is 5.25. The van der Waals surface area contributed by atoms with Gasteiger partial charge in [-0.2, -0.15) is 13.5 Å². The van der Waals surface area contributed by atoms with Gasteiger partial charge in [-0.15, -0.1) is 6.58 Å². The molecular formula is C16H22N2O3S. The molecule has 2 N–H and O–H groups in total. The maximum atomic E-state index is 12.2. The number of aliphatic hydroxyl groups is 1. The molecule has 0 heterocycles. The summed E-state index contributed by atoms with van der Waals surface area (Å²) < 4.78 is 24.5. The molecule has 1 aliphatic rings. The second kappa shape index (κ2) is 6.22. The van der Waals surface area contributed by atoms with Crippen molar-refractivity contribution in [2.24, 2.45) is 11.0 Å². The van der Waals surface area contributed by atoms with Crippen LogP contribution in [0.25, 0.3) is 0 Å². The number of nitrogens with one attached hydrogen (secondary N) is 1. The lowest BCUT2D eigenvalue weighted by Gasteiger charge is -2.36. The third-order valence-electron chi connectivity index (χ3n) is 4.02. The summed E-state index contributed by atoms with van der Waals surface area (Å²) in [5, 5.41) is 14.4. The fraction of sp³-hybridized carbons (Fsp3) is 0.438. The van der Waals surface area contributed by atoms with E-state index in [0.717, 1.165) is 12.0 Å². The fourth-order valence-corrected chi connectivity index (χ4v) is 3.54. The Labute approximate surface area is 131 Å². The first kappa shape index (κ1) is 16.7. The second-order valence-corrected chi connectivity index (χ2v) is 7.60. The fourth-order valence-electron chi connectivity index (χ4n) is 2.70. The lowest BCUT2D eigenvalue weighted by Crippen LogP contribution is -2.42. The molecule has 0 unspecified atom stereocenters. The summed E-state index contributed by atoms with van der Waals surface area (Å²) >= 11 is 0. The van der Waals surface area contributed by atoms with Crippen LogP contribution in [0.1, 0.15) is 31.7 Å². The molecule has 0 aromatic heterocycles. The zero-order valence-corrected chi connectivity index (χ0v) is 13.7. The molecule has 5 nitrogen and oxygen atoms in total. The van der Waals surface area contributed by atoms with Gasteiger partial charge in [-0.1, -0.05) is 23.8 Å².